The van der Waals surface area contributed by atoms with Crippen LogP contribution in [-0.4, -0.2) is 34.9 Å². The van der Waals surface area contributed by atoms with Gasteiger partial charge in [0.15, 0.2) is 0 Å². The molecule has 1 aliphatic heterocycles. The van der Waals surface area contributed by atoms with Crippen LogP contribution in [0.25, 0.3) is 11.5 Å². The largest absolute Gasteiger partial charge is 0.396 e. The second-order valence-electron chi connectivity index (χ2n) is 7.22. The fourth-order valence-electron chi connectivity index (χ4n) is 3.80. The minimum atomic E-state index is -0.423. The van der Waals surface area contributed by atoms with E-state index in [9.17, 15) is 9.50 Å². The minimum absolute atomic E-state index is 0.0127. The van der Waals surface area contributed by atoms with E-state index in [-0.39, 0.29) is 12.4 Å². The van der Waals surface area contributed by atoms with E-state index in [1.54, 1.807) is 12.1 Å². The van der Waals surface area contributed by atoms with Crippen molar-refractivity contribution in [3.8, 4) is 11.5 Å². The number of anilines is 1. The Kier molecular flexibility index (Phi) is 4.90. The summed E-state index contributed by atoms with van der Waals surface area (Å²) in [6, 6.07) is 16.4. The first-order valence-electron chi connectivity index (χ1n) is 9.17. The van der Waals surface area contributed by atoms with Crippen molar-refractivity contribution < 1.29 is 14.0 Å². The summed E-state index contributed by atoms with van der Waals surface area (Å²) in [5, 5.41) is 14.3. The zero-order valence-electron chi connectivity index (χ0n) is 15.0. The van der Waals surface area contributed by atoms with Crippen LogP contribution in [0.15, 0.2) is 59.1 Å². The average molecular weight is 367 g/mol. The molecular weight excluding hydrogens is 345 g/mol. The van der Waals surface area contributed by atoms with Gasteiger partial charge in [-0.1, -0.05) is 36.4 Å². The predicted molar refractivity (Wildman–Crippen MR) is 101 cm³/mol. The van der Waals surface area contributed by atoms with Crippen molar-refractivity contribution in [1.29, 1.82) is 0 Å². The second-order valence-corrected chi connectivity index (χ2v) is 7.22. The minimum Gasteiger partial charge on any atom is -0.396 e. The number of aliphatic hydroxyl groups excluding tert-OH is 1. The van der Waals surface area contributed by atoms with Gasteiger partial charge in [-0.2, -0.15) is 4.98 Å². The van der Waals surface area contributed by atoms with E-state index in [2.05, 4.69) is 10.1 Å². The van der Waals surface area contributed by atoms with Crippen LogP contribution in [-0.2, 0) is 6.42 Å². The number of benzene rings is 2. The highest BCUT2D eigenvalue weighted by molar-refractivity contribution is 5.54. The molecule has 1 N–H and O–H groups in total. The van der Waals surface area contributed by atoms with Crippen molar-refractivity contribution in [2.24, 2.45) is 5.41 Å². The van der Waals surface area contributed by atoms with Crippen molar-refractivity contribution in [2.45, 2.75) is 19.3 Å². The average Bonchev–Trinajstić information content (AvgIpc) is 3.21. The number of nitrogens with zero attached hydrogens (tertiary/aromatic N) is 3. The number of hydrogen-bond acceptors (Lipinski definition) is 5. The molecule has 140 valence electrons. The second kappa shape index (κ2) is 7.48. The molecule has 0 saturated carbocycles. The summed E-state index contributed by atoms with van der Waals surface area (Å²) in [5.74, 6) is 0.758. The molecule has 0 bridgehead atoms. The summed E-state index contributed by atoms with van der Waals surface area (Å²) in [6.07, 6.45) is 2.19. The highest BCUT2D eigenvalue weighted by Gasteiger charge is 2.37. The fourth-order valence-corrected chi connectivity index (χ4v) is 3.80. The lowest BCUT2D eigenvalue weighted by Gasteiger charge is -2.41. The Morgan fingerprint density at radius 3 is 2.67 bits per heavy atom. The van der Waals surface area contributed by atoms with E-state index >= 15 is 0 Å². The molecule has 4 rings (SSSR count). The fraction of sp³-hybridized carbons (Fsp3) is 0.333. The highest BCUT2D eigenvalue weighted by atomic mass is 19.1. The number of hydrogen-bond donors (Lipinski definition) is 1. The van der Waals surface area contributed by atoms with E-state index in [0.29, 0.717) is 30.4 Å². The van der Waals surface area contributed by atoms with Crippen molar-refractivity contribution >= 4 is 5.95 Å². The monoisotopic (exact) mass is 367 g/mol. The summed E-state index contributed by atoms with van der Waals surface area (Å²) in [5.41, 5.74) is 1.08. The summed E-state index contributed by atoms with van der Waals surface area (Å²) in [6.45, 7) is 1.33. The van der Waals surface area contributed by atoms with Crippen molar-refractivity contribution in [2.75, 3.05) is 24.6 Å². The van der Waals surface area contributed by atoms with E-state index in [4.69, 9.17) is 4.52 Å². The number of halogens is 1. The molecule has 0 aliphatic carbocycles. The Bertz CT molecular complexity index is 899. The molecule has 27 heavy (non-hydrogen) atoms. The van der Waals surface area contributed by atoms with E-state index in [1.807, 2.05) is 41.3 Å². The first-order chi connectivity index (χ1) is 13.2. The van der Waals surface area contributed by atoms with Gasteiger partial charge < -0.3 is 14.5 Å². The molecule has 1 aromatic heterocycles. The summed E-state index contributed by atoms with van der Waals surface area (Å²) in [7, 11) is 0. The third-order valence-corrected chi connectivity index (χ3v) is 5.24. The molecule has 6 heteroatoms. The molecule has 2 heterocycles. The van der Waals surface area contributed by atoms with Crippen molar-refractivity contribution in [3.05, 3.63) is 66.0 Å². The van der Waals surface area contributed by atoms with Gasteiger partial charge in [-0.05, 0) is 48.2 Å². The Labute approximate surface area is 157 Å². The zero-order chi connectivity index (χ0) is 18.7. The number of rotatable bonds is 5. The number of aliphatic hydroxyl groups is 1. The normalized spacial score (nSPS) is 20.0. The molecular formula is C21H22FN3O2. The smallest absolute Gasteiger partial charge is 0.266 e. The topological polar surface area (TPSA) is 62.4 Å². The van der Waals surface area contributed by atoms with Crippen molar-refractivity contribution in [3.63, 3.8) is 0 Å². The van der Waals surface area contributed by atoms with Gasteiger partial charge >= 0.3 is 0 Å². The molecule has 3 aromatic rings. The standard InChI is InChI=1S/C21H22FN3O2/c22-18-10-5-4-9-17(18)13-21(15-26)11-6-12-25(14-21)20-23-19(27-24-20)16-7-2-1-3-8-16/h1-5,7-10,26H,6,11-15H2. The lowest BCUT2D eigenvalue weighted by atomic mass is 9.75. The first-order valence-corrected chi connectivity index (χ1v) is 9.17. The van der Waals surface area contributed by atoms with Crippen LogP contribution < -0.4 is 4.90 Å². The van der Waals surface area contributed by atoms with E-state index < -0.39 is 5.41 Å². The van der Waals surface area contributed by atoms with Gasteiger partial charge in [0.25, 0.3) is 11.8 Å². The third kappa shape index (κ3) is 3.71. The molecule has 1 atom stereocenters. The number of aromatic nitrogens is 2. The highest BCUT2D eigenvalue weighted by Crippen LogP contribution is 2.35. The molecule has 1 aliphatic rings. The molecule has 5 nitrogen and oxygen atoms in total. The van der Waals surface area contributed by atoms with Crippen molar-refractivity contribution in [1.82, 2.24) is 10.1 Å². The maximum atomic E-state index is 14.1. The van der Waals surface area contributed by atoms with Gasteiger partial charge in [0, 0.05) is 24.1 Å². The lowest BCUT2D eigenvalue weighted by Crippen LogP contribution is -2.47. The van der Waals surface area contributed by atoms with Gasteiger partial charge in [-0.25, -0.2) is 4.39 Å². The van der Waals surface area contributed by atoms with Crippen LogP contribution >= 0.6 is 0 Å². The van der Waals surface area contributed by atoms with Gasteiger partial charge in [0.1, 0.15) is 5.82 Å². The van der Waals surface area contributed by atoms with Crippen LogP contribution in [0.5, 0.6) is 0 Å². The first kappa shape index (κ1) is 17.7. The van der Waals surface area contributed by atoms with Crippen LogP contribution in [0.3, 0.4) is 0 Å². The van der Waals surface area contributed by atoms with Gasteiger partial charge in [0.2, 0.25) is 0 Å². The summed E-state index contributed by atoms with van der Waals surface area (Å²) >= 11 is 0. The van der Waals surface area contributed by atoms with Crippen LogP contribution in [0.2, 0.25) is 0 Å². The summed E-state index contributed by atoms with van der Waals surface area (Å²) < 4.78 is 19.5. The lowest BCUT2D eigenvalue weighted by molar-refractivity contribution is 0.104. The summed E-state index contributed by atoms with van der Waals surface area (Å²) in [4.78, 5) is 6.55. The third-order valence-electron chi connectivity index (χ3n) is 5.24. The molecule has 0 amide bonds. The Balaban J connectivity index is 1.55. The van der Waals surface area contributed by atoms with Gasteiger partial charge in [0.05, 0.1) is 6.61 Å². The maximum Gasteiger partial charge on any atom is 0.266 e. The van der Waals surface area contributed by atoms with Gasteiger partial charge in [-0.3, -0.25) is 0 Å². The number of piperidine rings is 1. The Hall–Kier alpha value is -2.73. The van der Waals surface area contributed by atoms with E-state index in [1.165, 1.54) is 6.07 Å². The Morgan fingerprint density at radius 2 is 1.89 bits per heavy atom. The zero-order valence-corrected chi connectivity index (χ0v) is 15.0. The Morgan fingerprint density at radius 1 is 1.11 bits per heavy atom. The molecule has 0 radical (unpaired) electrons. The molecule has 1 unspecified atom stereocenters. The molecule has 1 saturated heterocycles. The van der Waals surface area contributed by atoms with Crippen LogP contribution in [0.1, 0.15) is 18.4 Å². The SMILES string of the molecule is OCC1(Cc2ccccc2F)CCCN(c2noc(-c3ccccc3)n2)C1. The molecule has 0 spiro atoms. The van der Waals surface area contributed by atoms with Crippen LogP contribution in [0, 0.1) is 11.2 Å². The predicted octanol–water partition coefficient (Wildman–Crippen LogP) is 3.70. The van der Waals surface area contributed by atoms with Crippen LogP contribution in [0.4, 0.5) is 10.3 Å². The molecule has 2 aromatic carbocycles. The van der Waals surface area contributed by atoms with Gasteiger partial charge in [-0.15, -0.1) is 0 Å². The quantitative estimate of drug-likeness (QED) is 0.745. The maximum absolute atomic E-state index is 14.1. The van der Waals surface area contributed by atoms with E-state index in [0.717, 1.165) is 24.9 Å². The molecule has 1 fully saturated rings.